The monoisotopic (exact) mass is 151 g/mol. The molecule has 0 saturated carbocycles. The Hall–Kier alpha value is -1.36. The summed E-state index contributed by atoms with van der Waals surface area (Å²) >= 11 is 0. The predicted octanol–water partition coefficient (Wildman–Crippen LogP) is 2.23. The minimum Gasteiger partial charge on any atom is -0.227 e. The van der Waals surface area contributed by atoms with Crippen molar-refractivity contribution in [1.82, 2.24) is 4.98 Å². The van der Waals surface area contributed by atoms with E-state index in [1.807, 2.05) is 13.8 Å². The average molecular weight is 151 g/mol. The van der Waals surface area contributed by atoms with Crippen LogP contribution >= 0.6 is 0 Å². The van der Waals surface area contributed by atoms with Crippen molar-refractivity contribution >= 4 is 0 Å². The van der Waals surface area contributed by atoms with Crippen molar-refractivity contribution in [1.29, 1.82) is 0 Å². The molecule has 1 nitrogen and oxygen atoms in total. The van der Waals surface area contributed by atoms with Crippen LogP contribution in [0.4, 0.5) is 4.39 Å². The van der Waals surface area contributed by atoms with Gasteiger partial charge in [0.05, 0.1) is 5.56 Å². The molecule has 0 aliphatic heterocycles. The Morgan fingerprint density at radius 2 is 2.18 bits per heavy atom. The van der Waals surface area contributed by atoms with Crippen LogP contribution in [0.25, 0.3) is 0 Å². The maximum Gasteiger partial charge on any atom is 0.228 e. The average Bonchev–Trinajstić information content (AvgIpc) is 2.09. The molecule has 0 radical (unpaired) electrons. The second kappa shape index (κ2) is 5.43. The molecule has 0 N–H and O–H groups in total. The lowest BCUT2D eigenvalue weighted by atomic mass is 10.3. The standard InChI is InChI=1S/C7H4FN.C2H6/c1-2-6-4-3-5-9-7(6)8;1-2/h1,3-5H;1-2H3. The van der Waals surface area contributed by atoms with Gasteiger partial charge in [0, 0.05) is 6.20 Å². The molecular formula is C9H10FN. The van der Waals surface area contributed by atoms with Crippen LogP contribution in [0.1, 0.15) is 19.4 Å². The Morgan fingerprint density at radius 1 is 1.55 bits per heavy atom. The molecule has 0 fully saturated rings. The van der Waals surface area contributed by atoms with Gasteiger partial charge in [0.2, 0.25) is 5.95 Å². The van der Waals surface area contributed by atoms with Gasteiger partial charge in [-0.15, -0.1) is 6.42 Å². The van der Waals surface area contributed by atoms with E-state index >= 15 is 0 Å². The molecule has 0 aliphatic carbocycles. The van der Waals surface area contributed by atoms with Crippen LogP contribution in [0.2, 0.25) is 0 Å². The van der Waals surface area contributed by atoms with Crippen molar-refractivity contribution in [2.24, 2.45) is 0 Å². The molecule has 0 amide bonds. The lowest BCUT2D eigenvalue weighted by Crippen LogP contribution is -1.84. The van der Waals surface area contributed by atoms with Gasteiger partial charge in [0.15, 0.2) is 0 Å². The summed E-state index contributed by atoms with van der Waals surface area (Å²) in [6, 6.07) is 3.10. The Balaban J connectivity index is 0.000000461. The van der Waals surface area contributed by atoms with Gasteiger partial charge < -0.3 is 0 Å². The molecular weight excluding hydrogens is 141 g/mol. The lowest BCUT2D eigenvalue weighted by molar-refractivity contribution is 0.580. The third-order valence-corrected chi connectivity index (χ3v) is 0.915. The molecule has 2 heteroatoms. The van der Waals surface area contributed by atoms with Gasteiger partial charge in [-0.25, -0.2) is 4.98 Å². The third-order valence-electron chi connectivity index (χ3n) is 0.915. The Kier molecular flexibility index (Phi) is 4.76. The van der Waals surface area contributed by atoms with Crippen molar-refractivity contribution in [3.8, 4) is 12.3 Å². The topological polar surface area (TPSA) is 12.9 Å². The highest BCUT2D eigenvalue weighted by Gasteiger charge is 1.94. The second-order valence-corrected chi connectivity index (χ2v) is 1.49. The molecule has 1 aromatic rings. The molecule has 0 bridgehead atoms. The van der Waals surface area contributed by atoms with Crippen molar-refractivity contribution in [3.63, 3.8) is 0 Å². The quantitative estimate of drug-likeness (QED) is 0.409. The minimum absolute atomic E-state index is 0.206. The number of aromatic nitrogens is 1. The van der Waals surface area contributed by atoms with E-state index < -0.39 is 5.95 Å². The molecule has 0 aliphatic rings. The van der Waals surface area contributed by atoms with E-state index in [0.29, 0.717) is 0 Å². The number of pyridine rings is 1. The summed E-state index contributed by atoms with van der Waals surface area (Å²) in [7, 11) is 0. The zero-order chi connectivity index (χ0) is 8.69. The zero-order valence-corrected chi connectivity index (χ0v) is 6.63. The summed E-state index contributed by atoms with van der Waals surface area (Å²) in [6.45, 7) is 4.00. The number of rotatable bonds is 0. The Bertz CT molecular complexity index is 250. The number of hydrogen-bond acceptors (Lipinski definition) is 1. The van der Waals surface area contributed by atoms with Crippen LogP contribution in [-0.2, 0) is 0 Å². The van der Waals surface area contributed by atoms with Crippen LogP contribution in [0.15, 0.2) is 18.3 Å². The third kappa shape index (κ3) is 2.81. The fourth-order valence-electron chi connectivity index (χ4n) is 0.494. The van der Waals surface area contributed by atoms with Gasteiger partial charge in [0.1, 0.15) is 0 Å². The van der Waals surface area contributed by atoms with E-state index in [1.165, 1.54) is 12.3 Å². The summed E-state index contributed by atoms with van der Waals surface area (Å²) < 4.78 is 12.3. The van der Waals surface area contributed by atoms with E-state index in [2.05, 4.69) is 10.9 Å². The van der Waals surface area contributed by atoms with Crippen molar-refractivity contribution in [2.75, 3.05) is 0 Å². The van der Waals surface area contributed by atoms with Crippen LogP contribution < -0.4 is 0 Å². The summed E-state index contributed by atoms with van der Waals surface area (Å²) in [5.41, 5.74) is 0.206. The number of nitrogens with zero attached hydrogens (tertiary/aromatic N) is 1. The molecule has 0 spiro atoms. The number of hydrogen-bond donors (Lipinski definition) is 0. The van der Waals surface area contributed by atoms with E-state index in [1.54, 1.807) is 6.07 Å². The van der Waals surface area contributed by atoms with Gasteiger partial charge in [-0.3, -0.25) is 0 Å². The van der Waals surface area contributed by atoms with E-state index in [-0.39, 0.29) is 5.56 Å². The van der Waals surface area contributed by atoms with Gasteiger partial charge in [-0.05, 0) is 12.1 Å². The normalized spacial score (nSPS) is 7.45. The molecule has 1 heterocycles. The summed E-state index contributed by atoms with van der Waals surface area (Å²) in [6.07, 6.45) is 6.28. The van der Waals surface area contributed by atoms with Crippen LogP contribution in [0.3, 0.4) is 0 Å². The highest BCUT2D eigenvalue weighted by atomic mass is 19.1. The summed E-state index contributed by atoms with van der Waals surface area (Å²) in [4.78, 5) is 3.34. The first kappa shape index (κ1) is 9.64. The van der Waals surface area contributed by atoms with Crippen molar-refractivity contribution in [2.45, 2.75) is 13.8 Å². The summed E-state index contributed by atoms with van der Waals surface area (Å²) in [5.74, 6) is 1.57. The second-order valence-electron chi connectivity index (χ2n) is 1.49. The molecule has 0 unspecified atom stereocenters. The minimum atomic E-state index is -0.583. The Morgan fingerprint density at radius 3 is 2.55 bits per heavy atom. The van der Waals surface area contributed by atoms with Crippen molar-refractivity contribution in [3.05, 3.63) is 29.8 Å². The maximum atomic E-state index is 12.3. The highest BCUT2D eigenvalue weighted by molar-refractivity contribution is 5.29. The first-order valence-corrected chi connectivity index (χ1v) is 3.41. The molecule has 0 saturated heterocycles. The van der Waals surface area contributed by atoms with Gasteiger partial charge in [-0.2, -0.15) is 4.39 Å². The lowest BCUT2D eigenvalue weighted by Gasteiger charge is -1.87. The molecule has 0 atom stereocenters. The Labute approximate surface area is 66.3 Å². The van der Waals surface area contributed by atoms with Crippen LogP contribution in [0.5, 0.6) is 0 Å². The van der Waals surface area contributed by atoms with Gasteiger partial charge >= 0.3 is 0 Å². The van der Waals surface area contributed by atoms with E-state index in [0.717, 1.165) is 0 Å². The predicted molar refractivity (Wildman–Crippen MR) is 43.5 cm³/mol. The molecule has 1 aromatic heterocycles. The first-order chi connectivity index (χ1) is 5.34. The number of halogens is 1. The van der Waals surface area contributed by atoms with Gasteiger partial charge in [-0.1, -0.05) is 19.8 Å². The SMILES string of the molecule is C#Cc1cccnc1F.CC. The maximum absolute atomic E-state index is 12.3. The smallest absolute Gasteiger partial charge is 0.227 e. The zero-order valence-electron chi connectivity index (χ0n) is 6.63. The highest BCUT2D eigenvalue weighted by Crippen LogP contribution is 1.98. The van der Waals surface area contributed by atoms with Crippen LogP contribution in [0, 0.1) is 18.3 Å². The van der Waals surface area contributed by atoms with E-state index in [9.17, 15) is 4.39 Å². The largest absolute Gasteiger partial charge is 0.228 e. The van der Waals surface area contributed by atoms with Gasteiger partial charge in [0.25, 0.3) is 0 Å². The summed E-state index contributed by atoms with van der Waals surface area (Å²) in [5, 5.41) is 0. The van der Waals surface area contributed by atoms with Crippen molar-refractivity contribution < 1.29 is 4.39 Å². The molecule has 58 valence electrons. The first-order valence-electron chi connectivity index (χ1n) is 3.41. The fraction of sp³-hybridized carbons (Fsp3) is 0.222. The molecule has 1 rings (SSSR count). The fourth-order valence-corrected chi connectivity index (χ4v) is 0.494. The van der Waals surface area contributed by atoms with Crippen LogP contribution in [-0.4, -0.2) is 4.98 Å². The number of terminal acetylenes is 1. The molecule has 11 heavy (non-hydrogen) atoms. The van der Waals surface area contributed by atoms with E-state index in [4.69, 9.17) is 6.42 Å². The molecule has 0 aromatic carbocycles.